The van der Waals surface area contributed by atoms with Crippen LogP contribution in [0.1, 0.15) is 47.9 Å². The molecule has 0 saturated heterocycles. The van der Waals surface area contributed by atoms with Gasteiger partial charge in [-0.3, -0.25) is 0 Å². The van der Waals surface area contributed by atoms with Gasteiger partial charge in [0.1, 0.15) is 23.0 Å². The number of benzene rings is 5. The first-order chi connectivity index (χ1) is 31.1. The van der Waals surface area contributed by atoms with Crippen LogP contribution in [0.5, 0.6) is 23.0 Å². The van der Waals surface area contributed by atoms with Gasteiger partial charge in [0, 0.05) is 0 Å². The summed E-state index contributed by atoms with van der Waals surface area (Å²) in [5, 5.41) is 20.9. The third kappa shape index (κ3) is 17.5. The number of aryl methyl sites for hydroxylation is 4. The SMILES string of the molecule is C[Si](C)(CCCc1ccccc1O)O[Si](C)(C)CCCc1ccccc1OP(=O)(Oc1ccccc1CCC[Si](C)(C)O[Si](C)(C)O[Si](C)(C)CCCc1ccccc1O)c1ccccc1. The van der Waals surface area contributed by atoms with Gasteiger partial charge in [-0.1, -0.05) is 91.0 Å². The molecule has 0 aliphatic rings. The van der Waals surface area contributed by atoms with Crippen molar-refractivity contribution in [2.75, 3.05) is 0 Å². The molecule has 14 heteroatoms. The maximum Gasteiger partial charge on any atom is 0.462 e. The first-order valence-electron chi connectivity index (χ1n) is 23.9. The summed E-state index contributed by atoms with van der Waals surface area (Å²) in [5.74, 6) is 1.87. The van der Waals surface area contributed by atoms with Crippen molar-refractivity contribution >= 4 is 54.7 Å². The molecule has 358 valence electrons. The topological polar surface area (TPSA) is 104 Å². The Labute approximate surface area is 402 Å². The fourth-order valence-corrected chi connectivity index (χ4v) is 33.7. The van der Waals surface area contributed by atoms with Gasteiger partial charge in [0.25, 0.3) is 0 Å². The highest BCUT2D eigenvalue weighted by molar-refractivity contribution is 7.63. The number of para-hydroxylation sites is 4. The second kappa shape index (κ2) is 23.7. The maximum absolute atomic E-state index is 15.2. The van der Waals surface area contributed by atoms with Crippen molar-refractivity contribution in [3.05, 3.63) is 150 Å². The summed E-state index contributed by atoms with van der Waals surface area (Å²) < 4.78 is 49.3. The van der Waals surface area contributed by atoms with Crippen molar-refractivity contribution in [2.24, 2.45) is 0 Å². The van der Waals surface area contributed by atoms with Crippen LogP contribution in [0, 0.1) is 0 Å². The standard InChI is InChI=1S/C52H77O8PSi5/c1-62(2,40-22-30-44-26-14-18-36-49(44)53)58-63(3,4)41-24-32-46-28-16-20-38-51(46)56-61(55,48-34-12-11-13-35-48)57-52-39-21-17-29-47(52)33-25-43-65(7,8)60-66(9,10)59-64(5,6)42-23-31-45-27-15-19-37-50(45)54/h11-21,26-29,34-39,53-54H,22-25,30-33,40-43H2,1-10H3. The summed E-state index contributed by atoms with van der Waals surface area (Å²) in [6, 6.07) is 44.3. The summed E-state index contributed by atoms with van der Waals surface area (Å²) in [6.45, 7) is 22.8. The normalized spacial score (nSPS) is 13.6. The van der Waals surface area contributed by atoms with Crippen LogP contribution >= 0.6 is 7.60 Å². The van der Waals surface area contributed by atoms with Crippen LogP contribution in [0.15, 0.2) is 127 Å². The van der Waals surface area contributed by atoms with Crippen LogP contribution in [0.2, 0.25) is 89.6 Å². The monoisotopic (exact) mass is 1000 g/mol. The van der Waals surface area contributed by atoms with Crippen LogP contribution in [0.4, 0.5) is 0 Å². The second-order valence-corrected chi connectivity index (χ2v) is 43.9. The predicted molar refractivity (Wildman–Crippen MR) is 287 cm³/mol. The van der Waals surface area contributed by atoms with Gasteiger partial charge in [0.05, 0.1) is 5.30 Å². The molecule has 5 aromatic carbocycles. The zero-order valence-electron chi connectivity index (χ0n) is 41.4. The van der Waals surface area contributed by atoms with E-state index in [9.17, 15) is 10.2 Å². The molecule has 0 aliphatic heterocycles. The zero-order chi connectivity index (χ0) is 48.1. The van der Waals surface area contributed by atoms with Gasteiger partial charge in [-0.25, -0.2) is 4.57 Å². The number of rotatable bonds is 27. The highest BCUT2D eigenvalue weighted by atomic mass is 31.2. The molecule has 0 aromatic heterocycles. The predicted octanol–water partition coefficient (Wildman–Crippen LogP) is 14.8. The van der Waals surface area contributed by atoms with Crippen molar-refractivity contribution in [1.29, 1.82) is 0 Å². The first-order valence-corrected chi connectivity index (χ1v) is 40.7. The van der Waals surface area contributed by atoms with Crippen molar-refractivity contribution < 1.29 is 36.2 Å². The van der Waals surface area contributed by atoms with E-state index >= 15 is 4.57 Å². The molecule has 66 heavy (non-hydrogen) atoms. The number of hydrogen-bond donors (Lipinski definition) is 2. The Balaban J connectivity index is 1.18. The van der Waals surface area contributed by atoms with E-state index < -0.39 is 49.4 Å². The minimum absolute atomic E-state index is 0.364. The molecule has 5 aromatic rings. The van der Waals surface area contributed by atoms with Gasteiger partial charge in [-0.15, -0.1) is 0 Å². The van der Waals surface area contributed by atoms with Crippen LogP contribution in [-0.2, 0) is 42.6 Å². The Bertz CT molecular complexity index is 2340. The molecule has 0 bridgehead atoms. The summed E-state index contributed by atoms with van der Waals surface area (Å²) in [7, 11) is -14.4. The van der Waals surface area contributed by atoms with Crippen LogP contribution in [0.25, 0.3) is 0 Å². The molecule has 0 amide bonds. The Hall–Kier alpha value is -3.51. The average molecular weight is 1000 g/mol. The number of aromatic hydroxyl groups is 2. The van der Waals surface area contributed by atoms with E-state index in [1.165, 1.54) is 0 Å². The van der Waals surface area contributed by atoms with Crippen LogP contribution < -0.4 is 14.4 Å². The smallest absolute Gasteiger partial charge is 0.462 e. The van der Waals surface area contributed by atoms with Crippen molar-refractivity contribution in [3.63, 3.8) is 0 Å². The Morgan fingerprint density at radius 3 is 1.08 bits per heavy atom. The third-order valence-electron chi connectivity index (χ3n) is 11.9. The molecular weight excluding hydrogens is 924 g/mol. The lowest BCUT2D eigenvalue weighted by atomic mass is 10.1. The molecule has 0 aliphatic carbocycles. The van der Waals surface area contributed by atoms with Crippen LogP contribution in [0.3, 0.4) is 0 Å². The lowest BCUT2D eigenvalue weighted by Gasteiger charge is -2.39. The summed E-state index contributed by atoms with van der Waals surface area (Å²) in [5.41, 5.74) is 3.97. The number of phenolic OH excluding ortho intramolecular Hbond substituents is 2. The molecular formula is C52H77O8PSi5. The van der Waals surface area contributed by atoms with E-state index in [2.05, 4.69) is 77.6 Å². The van der Waals surface area contributed by atoms with Crippen molar-refractivity contribution in [3.8, 4) is 23.0 Å². The summed E-state index contributed by atoms with van der Waals surface area (Å²) in [4.78, 5) is 0. The van der Waals surface area contributed by atoms with E-state index in [-0.39, 0.29) is 0 Å². The van der Waals surface area contributed by atoms with Crippen molar-refractivity contribution in [1.82, 2.24) is 0 Å². The zero-order valence-corrected chi connectivity index (χ0v) is 47.3. The van der Waals surface area contributed by atoms with Gasteiger partial charge in [0.2, 0.25) is 0 Å². The molecule has 0 radical (unpaired) electrons. The summed E-state index contributed by atoms with van der Waals surface area (Å²) >= 11 is 0. The second-order valence-electron chi connectivity index (χ2n) is 20.6. The highest BCUT2D eigenvalue weighted by Crippen LogP contribution is 2.49. The lowest BCUT2D eigenvalue weighted by Crippen LogP contribution is -2.52. The van der Waals surface area contributed by atoms with Gasteiger partial charge in [0.15, 0.2) is 33.3 Å². The Morgan fingerprint density at radius 2 is 0.697 bits per heavy atom. The quantitative estimate of drug-likeness (QED) is 0.0396. The van der Waals surface area contributed by atoms with E-state index in [0.717, 1.165) is 97.8 Å². The molecule has 0 heterocycles. The van der Waals surface area contributed by atoms with Crippen molar-refractivity contribution in [2.45, 2.75) is 141 Å². The molecule has 8 nitrogen and oxygen atoms in total. The molecule has 0 spiro atoms. The fraction of sp³-hybridized carbons (Fsp3) is 0.423. The fourth-order valence-electron chi connectivity index (χ4n) is 9.16. The average Bonchev–Trinajstić information content (AvgIpc) is 3.22. The van der Waals surface area contributed by atoms with E-state index in [0.29, 0.717) is 28.3 Å². The maximum atomic E-state index is 15.2. The molecule has 2 N–H and O–H groups in total. The number of phenols is 2. The lowest BCUT2D eigenvalue weighted by molar-refractivity contribution is 0.385. The minimum Gasteiger partial charge on any atom is -0.508 e. The molecule has 5 rings (SSSR count). The van der Waals surface area contributed by atoms with Crippen LogP contribution in [-0.4, -0.2) is 52.0 Å². The minimum atomic E-state index is -3.90. The third-order valence-corrected chi connectivity index (χ3v) is 32.7. The Kier molecular flexibility index (Phi) is 19.2. The molecule has 1 atom stereocenters. The highest BCUT2D eigenvalue weighted by Gasteiger charge is 2.40. The van der Waals surface area contributed by atoms with E-state index in [1.807, 2.05) is 103 Å². The first kappa shape index (κ1) is 53.4. The molecule has 0 fully saturated rings. The molecule has 0 saturated carbocycles. The number of hydrogen-bond acceptors (Lipinski definition) is 8. The van der Waals surface area contributed by atoms with Gasteiger partial charge >= 0.3 is 16.2 Å². The molecule has 1 unspecified atom stereocenters. The summed E-state index contributed by atoms with van der Waals surface area (Å²) in [6.07, 6.45) is 6.99. The van der Waals surface area contributed by atoms with E-state index in [1.54, 1.807) is 12.1 Å². The van der Waals surface area contributed by atoms with Gasteiger partial charge in [-0.05, 0) is 200 Å². The van der Waals surface area contributed by atoms with E-state index in [4.69, 9.17) is 21.4 Å². The largest absolute Gasteiger partial charge is 0.508 e. The van der Waals surface area contributed by atoms with Gasteiger partial charge in [-0.2, -0.15) is 0 Å². The van der Waals surface area contributed by atoms with Gasteiger partial charge < -0.3 is 31.6 Å². The Morgan fingerprint density at radius 1 is 0.394 bits per heavy atom.